The van der Waals surface area contributed by atoms with Crippen LogP contribution in [0.5, 0.6) is 0 Å². The van der Waals surface area contributed by atoms with E-state index in [0.29, 0.717) is 25.7 Å². The highest BCUT2D eigenvalue weighted by Crippen LogP contribution is 2.45. The number of aliphatic hydroxyl groups excluding tert-OH is 1. The fraction of sp³-hybridized carbons (Fsp3) is 0.955. The molecule has 0 saturated carbocycles. The third-order valence-corrected chi connectivity index (χ3v) is 22.5. The van der Waals surface area contributed by atoms with Gasteiger partial charge in [-0.05, 0) is 43.4 Å². The molecule has 0 amide bonds. The summed E-state index contributed by atoms with van der Waals surface area (Å²) >= 11 is 0. The number of aliphatic hydroxyl groups is 1. The minimum atomic E-state index is -4.97. The Hall–Kier alpha value is -1.94. The molecule has 0 heterocycles. The van der Waals surface area contributed by atoms with Gasteiger partial charge < -0.3 is 33.8 Å². The molecule has 0 aromatic rings. The van der Waals surface area contributed by atoms with Crippen LogP contribution in [-0.2, 0) is 65.4 Å². The molecule has 0 bridgehead atoms. The molecule has 0 aliphatic carbocycles. The Labute approximate surface area is 658 Å². The number of ether oxygens (including phenoxy) is 4. The van der Waals surface area contributed by atoms with Crippen molar-refractivity contribution in [2.45, 2.75) is 484 Å². The number of rotatable bonds is 86. The van der Waals surface area contributed by atoms with Crippen LogP contribution >= 0.6 is 15.6 Å². The van der Waals surface area contributed by atoms with Gasteiger partial charge in [-0.2, -0.15) is 0 Å². The number of unbranched alkanes of at least 4 members (excludes halogenated alkanes) is 54. The molecule has 17 nitrogen and oxygen atoms in total. The average molecular weight is 1560 g/mol. The number of phosphoric ester groups is 2. The lowest BCUT2D eigenvalue weighted by molar-refractivity contribution is -0.161. The maximum absolute atomic E-state index is 13.2. The Morgan fingerprint density at radius 1 is 0.252 bits per heavy atom. The van der Waals surface area contributed by atoms with E-state index in [1.807, 2.05) is 0 Å². The van der Waals surface area contributed by atoms with E-state index in [1.54, 1.807) is 0 Å². The fourth-order valence-corrected chi connectivity index (χ4v) is 15.3. The van der Waals surface area contributed by atoms with Gasteiger partial charge in [-0.25, -0.2) is 9.13 Å². The molecule has 0 aromatic carbocycles. The van der Waals surface area contributed by atoms with Crippen molar-refractivity contribution >= 4 is 39.5 Å². The van der Waals surface area contributed by atoms with Crippen molar-refractivity contribution in [2.75, 3.05) is 39.6 Å². The van der Waals surface area contributed by atoms with E-state index in [4.69, 9.17) is 37.0 Å². The zero-order chi connectivity index (χ0) is 78.6. The van der Waals surface area contributed by atoms with Gasteiger partial charge in [-0.15, -0.1) is 0 Å². The van der Waals surface area contributed by atoms with E-state index < -0.39 is 97.5 Å². The van der Waals surface area contributed by atoms with Gasteiger partial charge in [-0.1, -0.05) is 414 Å². The molecule has 0 saturated heterocycles. The van der Waals surface area contributed by atoms with Gasteiger partial charge in [0.1, 0.15) is 19.3 Å². The SMILES string of the molecule is CCCCCCCCCCCCCCCCCCCCC(=O)O[C@H](COC(=O)CCCCCCCCCCCC(C)C)COP(=O)(O)OC[C@H](O)COP(=O)(O)OC[C@@H](COC(=O)CCCCCCCCCCCCCCCCCC(C)C)OC(=O)CCCCCCCCCCCCCCCCCCC(C)C. The molecule has 3 N–H and O–H groups in total. The summed E-state index contributed by atoms with van der Waals surface area (Å²) in [6.07, 6.45) is 69.4. The molecule has 5 atom stereocenters. The third-order valence-electron chi connectivity index (χ3n) is 20.6. The summed E-state index contributed by atoms with van der Waals surface area (Å²) in [5.41, 5.74) is 0. The Kier molecular flexibility index (Phi) is 76.6. The average Bonchev–Trinajstić information content (AvgIpc) is 0.953. The first-order valence-corrected chi connectivity index (χ1v) is 48.3. The highest BCUT2D eigenvalue weighted by atomic mass is 31.2. The number of carbonyl (C=O) groups is 4. The Bertz CT molecular complexity index is 2060. The number of esters is 4. The largest absolute Gasteiger partial charge is 0.472 e. The standard InChI is InChI=1S/C88H172O17P2/c1-8-9-10-11-12-13-14-15-16-17-18-24-30-35-42-50-57-64-71-88(93)105-84(76-99-86(91)70-63-56-49-44-37-40-47-54-61-68-81(6)7)78-103-107(96,97)101-74-82(89)73-100-106(94,95)102-77-83(75-98-85(90)69-62-55-48-41-34-29-26-21-23-28-33-39-46-53-60-67-80(4)5)104-87(92)72-65-58-51-43-36-31-25-20-19-22-27-32-38-45-52-59-66-79(2)3/h79-84,89H,8-78H2,1-7H3,(H,94,95)(H,96,97)/t82-,83-,84-/m1/s1. The van der Waals surface area contributed by atoms with E-state index in [0.717, 1.165) is 108 Å². The second kappa shape index (κ2) is 78.0. The molecule has 2 unspecified atom stereocenters. The molecule has 0 aromatic heterocycles. The Morgan fingerprint density at radius 2 is 0.430 bits per heavy atom. The summed E-state index contributed by atoms with van der Waals surface area (Å²) in [6.45, 7) is 12.0. The summed E-state index contributed by atoms with van der Waals surface area (Å²) in [4.78, 5) is 73.3. The molecular weight excluding hydrogens is 1390 g/mol. The van der Waals surface area contributed by atoms with Crippen LogP contribution in [0.3, 0.4) is 0 Å². The van der Waals surface area contributed by atoms with E-state index >= 15 is 0 Å². The first-order valence-electron chi connectivity index (χ1n) is 45.3. The molecule has 107 heavy (non-hydrogen) atoms. The zero-order valence-corrected chi connectivity index (χ0v) is 72.4. The molecule has 0 aliphatic heterocycles. The highest BCUT2D eigenvalue weighted by molar-refractivity contribution is 7.47. The molecule has 0 fully saturated rings. The van der Waals surface area contributed by atoms with Gasteiger partial charge in [0, 0.05) is 25.7 Å². The van der Waals surface area contributed by atoms with Gasteiger partial charge in [-0.3, -0.25) is 37.3 Å². The maximum Gasteiger partial charge on any atom is 0.472 e. The van der Waals surface area contributed by atoms with Crippen LogP contribution < -0.4 is 0 Å². The lowest BCUT2D eigenvalue weighted by Gasteiger charge is -2.21. The second-order valence-corrected chi connectivity index (χ2v) is 36.0. The Morgan fingerprint density at radius 3 is 0.636 bits per heavy atom. The van der Waals surface area contributed by atoms with E-state index in [2.05, 4.69) is 48.5 Å². The van der Waals surface area contributed by atoms with Crippen LogP contribution in [-0.4, -0.2) is 96.7 Å². The summed E-state index contributed by atoms with van der Waals surface area (Å²) < 4.78 is 69.0. The second-order valence-electron chi connectivity index (χ2n) is 33.1. The predicted octanol–water partition coefficient (Wildman–Crippen LogP) is 26.9. The number of hydrogen-bond acceptors (Lipinski definition) is 15. The van der Waals surface area contributed by atoms with E-state index in [9.17, 15) is 43.2 Å². The molecule has 0 aliphatic rings. The molecule has 0 radical (unpaired) electrons. The highest BCUT2D eigenvalue weighted by Gasteiger charge is 2.31. The molecule has 636 valence electrons. The van der Waals surface area contributed by atoms with Crippen molar-refractivity contribution in [2.24, 2.45) is 17.8 Å². The van der Waals surface area contributed by atoms with Crippen LogP contribution in [0.15, 0.2) is 0 Å². The van der Waals surface area contributed by atoms with Crippen molar-refractivity contribution in [1.82, 2.24) is 0 Å². The van der Waals surface area contributed by atoms with Gasteiger partial charge in [0.15, 0.2) is 12.2 Å². The van der Waals surface area contributed by atoms with Gasteiger partial charge in [0.2, 0.25) is 0 Å². The minimum absolute atomic E-state index is 0.108. The summed E-state index contributed by atoms with van der Waals surface area (Å²) in [5, 5.41) is 10.7. The summed E-state index contributed by atoms with van der Waals surface area (Å²) in [7, 11) is -9.93. The van der Waals surface area contributed by atoms with Crippen molar-refractivity contribution in [1.29, 1.82) is 0 Å². The molecule has 0 rings (SSSR count). The predicted molar refractivity (Wildman–Crippen MR) is 441 cm³/mol. The van der Waals surface area contributed by atoms with E-state index in [-0.39, 0.29) is 25.7 Å². The number of phosphoric acid groups is 2. The molecular formula is C88H172O17P2. The van der Waals surface area contributed by atoms with Crippen LogP contribution in [0.2, 0.25) is 0 Å². The van der Waals surface area contributed by atoms with Gasteiger partial charge in [0.05, 0.1) is 26.4 Å². The molecule has 0 spiro atoms. The fourth-order valence-electron chi connectivity index (χ4n) is 13.7. The van der Waals surface area contributed by atoms with Crippen LogP contribution in [0.4, 0.5) is 0 Å². The first kappa shape index (κ1) is 105. The van der Waals surface area contributed by atoms with Gasteiger partial charge >= 0.3 is 39.5 Å². The maximum atomic E-state index is 13.2. The topological polar surface area (TPSA) is 237 Å². The van der Waals surface area contributed by atoms with Crippen molar-refractivity contribution in [3.05, 3.63) is 0 Å². The van der Waals surface area contributed by atoms with E-state index in [1.165, 1.54) is 276 Å². The monoisotopic (exact) mass is 1560 g/mol. The lowest BCUT2D eigenvalue weighted by atomic mass is 10.0. The van der Waals surface area contributed by atoms with Crippen molar-refractivity contribution < 1.29 is 80.2 Å². The van der Waals surface area contributed by atoms with Crippen LogP contribution in [0.1, 0.15) is 466 Å². The van der Waals surface area contributed by atoms with Crippen molar-refractivity contribution in [3.63, 3.8) is 0 Å². The van der Waals surface area contributed by atoms with Gasteiger partial charge in [0.25, 0.3) is 0 Å². The first-order chi connectivity index (χ1) is 51.7. The molecule has 19 heteroatoms. The smallest absolute Gasteiger partial charge is 0.462 e. The Balaban J connectivity index is 5.26. The number of hydrogen-bond donors (Lipinski definition) is 3. The zero-order valence-electron chi connectivity index (χ0n) is 70.6. The summed E-state index contributed by atoms with van der Waals surface area (Å²) in [6, 6.07) is 0. The minimum Gasteiger partial charge on any atom is -0.462 e. The van der Waals surface area contributed by atoms with Crippen molar-refractivity contribution in [3.8, 4) is 0 Å². The van der Waals surface area contributed by atoms with Crippen LogP contribution in [0, 0.1) is 17.8 Å². The normalized spacial score (nSPS) is 13.8. The number of carbonyl (C=O) groups excluding carboxylic acids is 4. The lowest BCUT2D eigenvalue weighted by Crippen LogP contribution is -2.30. The quantitative estimate of drug-likeness (QED) is 0.0222. The summed E-state index contributed by atoms with van der Waals surface area (Å²) in [5.74, 6) is 0.258. The third kappa shape index (κ3) is 81.9. The van der Waals surface area contributed by atoms with Crippen LogP contribution in [0.25, 0.3) is 0 Å².